The zero-order valence-electron chi connectivity index (χ0n) is 13.2. The smallest absolute Gasteiger partial charge is 0.274 e. The van der Waals surface area contributed by atoms with Crippen LogP contribution in [0.15, 0.2) is 48.5 Å². The second-order valence-corrected chi connectivity index (χ2v) is 6.09. The highest BCUT2D eigenvalue weighted by molar-refractivity contribution is 5.93. The Bertz CT molecular complexity index is 897. The van der Waals surface area contributed by atoms with Gasteiger partial charge in [0, 0.05) is 48.2 Å². The maximum absolute atomic E-state index is 11.4. The number of amides is 1. The van der Waals surface area contributed by atoms with E-state index in [1.807, 2.05) is 12.1 Å². The molecule has 4 rings (SSSR count). The Morgan fingerprint density at radius 3 is 2.75 bits per heavy atom. The van der Waals surface area contributed by atoms with E-state index in [0.717, 1.165) is 31.6 Å². The molecule has 1 aromatic heterocycles. The number of hydrogen-bond acceptors (Lipinski definition) is 3. The molecule has 0 aliphatic carbocycles. The first kappa shape index (κ1) is 14.9. The molecule has 0 radical (unpaired) electrons. The molecule has 2 aromatic carbocycles. The van der Waals surface area contributed by atoms with Crippen LogP contribution in [0.1, 0.15) is 27.2 Å². The number of para-hydroxylation sites is 1. The molecule has 24 heavy (non-hydrogen) atoms. The van der Waals surface area contributed by atoms with E-state index in [-0.39, 0.29) is 0 Å². The predicted molar refractivity (Wildman–Crippen MR) is 92.1 cm³/mol. The van der Waals surface area contributed by atoms with Crippen LogP contribution in [0.2, 0.25) is 0 Å². The lowest BCUT2D eigenvalue weighted by molar-refractivity contribution is 0.0706. The minimum Gasteiger partial charge on any atom is -0.340 e. The SMILES string of the molecule is O=C(NO)c1ccc(Cn2c3c(c4ccccc42)CNCC3)cc1. The third kappa shape index (κ3) is 2.48. The Kier molecular flexibility index (Phi) is 3.80. The highest BCUT2D eigenvalue weighted by Gasteiger charge is 2.19. The monoisotopic (exact) mass is 321 g/mol. The number of nitrogens with zero attached hydrogens (tertiary/aromatic N) is 1. The lowest BCUT2D eigenvalue weighted by Gasteiger charge is -2.17. The van der Waals surface area contributed by atoms with Gasteiger partial charge in [-0.25, -0.2) is 5.48 Å². The molecular weight excluding hydrogens is 302 g/mol. The van der Waals surface area contributed by atoms with Crippen LogP contribution in [0.3, 0.4) is 0 Å². The van der Waals surface area contributed by atoms with E-state index in [0.29, 0.717) is 5.56 Å². The predicted octanol–water partition coefficient (Wildman–Crippen LogP) is 2.45. The van der Waals surface area contributed by atoms with E-state index >= 15 is 0 Å². The number of aromatic nitrogens is 1. The summed E-state index contributed by atoms with van der Waals surface area (Å²) >= 11 is 0. The molecule has 5 heteroatoms. The fraction of sp³-hybridized carbons (Fsp3) is 0.211. The van der Waals surface area contributed by atoms with Gasteiger partial charge in [-0.2, -0.15) is 0 Å². The fourth-order valence-corrected chi connectivity index (χ4v) is 3.52. The molecule has 0 saturated carbocycles. The van der Waals surface area contributed by atoms with Gasteiger partial charge in [-0.15, -0.1) is 0 Å². The van der Waals surface area contributed by atoms with Crippen molar-refractivity contribution in [2.24, 2.45) is 0 Å². The molecule has 3 N–H and O–H groups in total. The van der Waals surface area contributed by atoms with Crippen molar-refractivity contribution in [2.75, 3.05) is 6.54 Å². The van der Waals surface area contributed by atoms with E-state index < -0.39 is 5.91 Å². The molecule has 3 aromatic rings. The van der Waals surface area contributed by atoms with Crippen molar-refractivity contribution in [1.29, 1.82) is 0 Å². The van der Waals surface area contributed by atoms with Crippen molar-refractivity contribution in [2.45, 2.75) is 19.5 Å². The maximum Gasteiger partial charge on any atom is 0.274 e. The van der Waals surface area contributed by atoms with Gasteiger partial charge < -0.3 is 9.88 Å². The molecule has 1 aliphatic heterocycles. The summed E-state index contributed by atoms with van der Waals surface area (Å²) in [4.78, 5) is 11.4. The van der Waals surface area contributed by atoms with Gasteiger partial charge in [0.15, 0.2) is 0 Å². The van der Waals surface area contributed by atoms with E-state index in [9.17, 15) is 4.79 Å². The van der Waals surface area contributed by atoms with Crippen LogP contribution >= 0.6 is 0 Å². The number of carbonyl (C=O) groups is 1. The average molecular weight is 321 g/mol. The summed E-state index contributed by atoms with van der Waals surface area (Å²) < 4.78 is 2.38. The second kappa shape index (κ2) is 6.11. The molecule has 122 valence electrons. The summed E-state index contributed by atoms with van der Waals surface area (Å²) in [6, 6.07) is 15.9. The van der Waals surface area contributed by atoms with Crippen LogP contribution in [0.4, 0.5) is 0 Å². The molecule has 0 unspecified atom stereocenters. The Labute approximate surface area is 139 Å². The minimum absolute atomic E-state index is 0.449. The molecule has 1 aliphatic rings. The Hall–Kier alpha value is -2.63. The average Bonchev–Trinajstić information content (AvgIpc) is 2.96. The molecule has 1 amide bonds. The van der Waals surface area contributed by atoms with Crippen molar-refractivity contribution < 1.29 is 10.0 Å². The molecule has 0 atom stereocenters. The summed E-state index contributed by atoms with van der Waals surface area (Å²) in [5.74, 6) is -0.489. The standard InChI is InChI=1S/C19H19N3O2/c23-19(21-24)14-7-5-13(6-8-14)12-22-17-4-2-1-3-15(17)16-11-20-10-9-18(16)22/h1-8,20,24H,9-12H2,(H,21,23). The topological polar surface area (TPSA) is 66.3 Å². The van der Waals surface area contributed by atoms with Crippen molar-refractivity contribution in [3.05, 3.63) is 70.9 Å². The quantitative estimate of drug-likeness (QED) is 0.513. The molecule has 2 heterocycles. The van der Waals surface area contributed by atoms with Crippen molar-refractivity contribution in [3.63, 3.8) is 0 Å². The number of nitrogens with one attached hydrogen (secondary N) is 2. The van der Waals surface area contributed by atoms with Gasteiger partial charge in [0.1, 0.15) is 0 Å². The van der Waals surface area contributed by atoms with Gasteiger partial charge in [0.25, 0.3) is 5.91 Å². The van der Waals surface area contributed by atoms with E-state index in [2.05, 4.69) is 34.1 Å². The third-order valence-corrected chi connectivity index (χ3v) is 4.69. The van der Waals surface area contributed by atoms with E-state index in [1.54, 1.807) is 17.6 Å². The summed E-state index contributed by atoms with van der Waals surface area (Å²) in [6.07, 6.45) is 1.02. The summed E-state index contributed by atoms with van der Waals surface area (Å²) in [7, 11) is 0. The Balaban J connectivity index is 1.73. The Morgan fingerprint density at radius 1 is 1.17 bits per heavy atom. The Morgan fingerprint density at radius 2 is 1.96 bits per heavy atom. The van der Waals surface area contributed by atoms with E-state index in [1.165, 1.54) is 22.2 Å². The van der Waals surface area contributed by atoms with Gasteiger partial charge in [-0.1, -0.05) is 30.3 Å². The van der Waals surface area contributed by atoms with Gasteiger partial charge >= 0.3 is 0 Å². The fourth-order valence-electron chi connectivity index (χ4n) is 3.52. The zero-order valence-corrected chi connectivity index (χ0v) is 13.2. The first-order chi connectivity index (χ1) is 11.8. The van der Waals surface area contributed by atoms with Crippen LogP contribution in [-0.4, -0.2) is 22.2 Å². The zero-order chi connectivity index (χ0) is 16.5. The normalized spacial score (nSPS) is 13.7. The van der Waals surface area contributed by atoms with Crippen LogP contribution in [0, 0.1) is 0 Å². The van der Waals surface area contributed by atoms with Crippen LogP contribution in [0.5, 0.6) is 0 Å². The largest absolute Gasteiger partial charge is 0.340 e. The van der Waals surface area contributed by atoms with Gasteiger partial charge in [-0.05, 0) is 29.3 Å². The number of carbonyl (C=O) groups excluding carboxylic acids is 1. The number of hydroxylamine groups is 1. The molecule has 0 spiro atoms. The van der Waals surface area contributed by atoms with Gasteiger partial charge in [0.05, 0.1) is 0 Å². The molecule has 0 bridgehead atoms. The molecule has 0 fully saturated rings. The summed E-state index contributed by atoms with van der Waals surface area (Å²) in [6.45, 7) is 2.69. The highest BCUT2D eigenvalue weighted by atomic mass is 16.5. The lowest BCUT2D eigenvalue weighted by Crippen LogP contribution is -2.24. The number of fused-ring (bicyclic) bond motifs is 3. The number of rotatable bonds is 3. The maximum atomic E-state index is 11.4. The van der Waals surface area contributed by atoms with Crippen molar-refractivity contribution >= 4 is 16.8 Å². The van der Waals surface area contributed by atoms with Crippen molar-refractivity contribution in [1.82, 2.24) is 15.4 Å². The lowest BCUT2D eigenvalue weighted by atomic mass is 10.1. The molecule has 5 nitrogen and oxygen atoms in total. The van der Waals surface area contributed by atoms with Crippen LogP contribution in [-0.2, 0) is 19.5 Å². The first-order valence-electron chi connectivity index (χ1n) is 8.11. The second-order valence-electron chi connectivity index (χ2n) is 6.09. The minimum atomic E-state index is -0.489. The third-order valence-electron chi connectivity index (χ3n) is 4.69. The molecular formula is C19H19N3O2. The molecule has 0 saturated heterocycles. The number of benzene rings is 2. The number of hydrogen-bond donors (Lipinski definition) is 3. The summed E-state index contributed by atoms with van der Waals surface area (Å²) in [5, 5.41) is 13.5. The van der Waals surface area contributed by atoms with Crippen LogP contribution in [0.25, 0.3) is 10.9 Å². The van der Waals surface area contributed by atoms with E-state index in [4.69, 9.17) is 5.21 Å². The first-order valence-corrected chi connectivity index (χ1v) is 8.11. The van der Waals surface area contributed by atoms with Gasteiger partial charge in [0.2, 0.25) is 0 Å². The van der Waals surface area contributed by atoms with Gasteiger partial charge in [-0.3, -0.25) is 10.0 Å². The van der Waals surface area contributed by atoms with Crippen molar-refractivity contribution in [3.8, 4) is 0 Å². The highest BCUT2D eigenvalue weighted by Crippen LogP contribution is 2.29. The van der Waals surface area contributed by atoms with Crippen LogP contribution < -0.4 is 10.8 Å². The summed E-state index contributed by atoms with van der Waals surface area (Å²) in [5.41, 5.74) is 7.29.